The van der Waals surface area contributed by atoms with Crippen molar-refractivity contribution in [3.63, 3.8) is 0 Å². The van der Waals surface area contributed by atoms with Crippen molar-refractivity contribution >= 4 is 11.9 Å². The zero-order chi connectivity index (χ0) is 10.9. The number of rotatable bonds is 1. The van der Waals surface area contributed by atoms with Gasteiger partial charge in [-0.05, 0) is 0 Å². The Morgan fingerprint density at radius 1 is 1.60 bits per heavy atom. The molecular weight excluding hydrogens is 194 g/mol. The van der Waals surface area contributed by atoms with Gasteiger partial charge in [0.1, 0.15) is 11.4 Å². The Kier molecular flexibility index (Phi) is 2.37. The average molecular weight is 207 g/mol. The molecule has 1 fully saturated rings. The van der Waals surface area contributed by atoms with Crippen molar-refractivity contribution in [3.05, 3.63) is 0 Å². The number of urea groups is 1. The minimum Gasteiger partial charge on any atom is -0.385 e. The number of terminal acetylenes is 1. The largest absolute Gasteiger partial charge is 0.385 e. The summed E-state index contributed by atoms with van der Waals surface area (Å²) in [5.74, 6) is 2.85. The molecule has 0 aromatic carbocycles. The first kappa shape index (κ1) is 9.99. The molecule has 15 heavy (non-hydrogen) atoms. The summed E-state index contributed by atoms with van der Waals surface area (Å²) in [7, 11) is 0. The maximum Gasteiger partial charge on any atom is 0.346 e. The van der Waals surface area contributed by atoms with Gasteiger partial charge < -0.3 is 10.5 Å². The Morgan fingerprint density at radius 2 is 2.27 bits per heavy atom. The summed E-state index contributed by atoms with van der Waals surface area (Å²) in [6.07, 6.45) is 6.59. The van der Waals surface area contributed by atoms with Gasteiger partial charge in [0.05, 0.1) is 6.54 Å². The zero-order valence-corrected chi connectivity index (χ0v) is 8.40. The molecule has 5 heteroatoms. The molecular formula is C10H13N3O2. The molecule has 5 nitrogen and oxygen atoms in total. The van der Waals surface area contributed by atoms with Crippen molar-refractivity contribution in [3.8, 4) is 12.3 Å². The number of carbonyl (C=O) groups is 1. The first-order chi connectivity index (χ1) is 7.20. The van der Waals surface area contributed by atoms with Crippen molar-refractivity contribution in [1.29, 1.82) is 0 Å². The fraction of sp³-hybridized carbons (Fsp3) is 0.600. The molecule has 2 heterocycles. The van der Waals surface area contributed by atoms with Crippen molar-refractivity contribution in [1.82, 2.24) is 4.90 Å². The smallest absolute Gasteiger partial charge is 0.346 e. The van der Waals surface area contributed by atoms with Crippen LogP contribution in [0.2, 0.25) is 0 Å². The first-order valence-corrected chi connectivity index (χ1v) is 4.88. The Morgan fingerprint density at radius 3 is 2.87 bits per heavy atom. The monoisotopic (exact) mass is 207 g/mol. The van der Waals surface area contributed by atoms with E-state index in [4.69, 9.17) is 16.9 Å². The summed E-state index contributed by atoms with van der Waals surface area (Å²) < 4.78 is 5.27. The molecule has 80 valence electrons. The SMILES string of the molecule is C#CCN1C(=O)N=C(N)C12CCOCC2. The van der Waals surface area contributed by atoms with Gasteiger partial charge in [0, 0.05) is 26.1 Å². The van der Waals surface area contributed by atoms with Crippen LogP contribution in [0.4, 0.5) is 4.79 Å². The van der Waals surface area contributed by atoms with Crippen molar-refractivity contribution in [2.24, 2.45) is 10.7 Å². The molecule has 0 aliphatic carbocycles. The van der Waals surface area contributed by atoms with E-state index in [1.54, 1.807) is 4.90 Å². The lowest BCUT2D eigenvalue weighted by atomic mass is 9.88. The van der Waals surface area contributed by atoms with Crippen LogP contribution in [0.15, 0.2) is 4.99 Å². The van der Waals surface area contributed by atoms with Crippen LogP contribution in [0.5, 0.6) is 0 Å². The molecule has 2 N–H and O–H groups in total. The summed E-state index contributed by atoms with van der Waals surface area (Å²) in [5.41, 5.74) is 5.33. The summed E-state index contributed by atoms with van der Waals surface area (Å²) in [6.45, 7) is 1.43. The number of amides is 2. The molecule has 0 aromatic rings. The van der Waals surface area contributed by atoms with Gasteiger partial charge in [-0.25, -0.2) is 4.79 Å². The maximum atomic E-state index is 11.6. The minimum atomic E-state index is -0.484. The van der Waals surface area contributed by atoms with Gasteiger partial charge in [-0.15, -0.1) is 6.42 Å². The standard InChI is InChI=1S/C10H13N3O2/c1-2-5-13-9(14)12-8(11)10(13)3-6-15-7-4-10/h1H,3-7H2,(H2,11,12,14). The molecule has 1 saturated heterocycles. The molecule has 2 aliphatic heterocycles. The number of carbonyl (C=O) groups excluding carboxylic acids is 1. The van der Waals surface area contributed by atoms with E-state index in [1.165, 1.54) is 0 Å². The average Bonchev–Trinajstić information content (AvgIpc) is 2.45. The topological polar surface area (TPSA) is 67.9 Å². The molecule has 1 spiro atoms. The van der Waals surface area contributed by atoms with E-state index in [9.17, 15) is 4.79 Å². The van der Waals surface area contributed by atoms with E-state index in [0.29, 0.717) is 31.9 Å². The fourth-order valence-electron chi connectivity index (χ4n) is 2.13. The maximum absolute atomic E-state index is 11.6. The predicted octanol–water partition coefficient (Wildman–Crippen LogP) is -0.0384. The van der Waals surface area contributed by atoms with E-state index >= 15 is 0 Å². The van der Waals surface area contributed by atoms with E-state index in [1.807, 2.05) is 0 Å². The second-order valence-electron chi connectivity index (χ2n) is 3.71. The van der Waals surface area contributed by atoms with Gasteiger partial charge in [0.2, 0.25) is 0 Å². The Balaban J connectivity index is 2.30. The molecule has 0 radical (unpaired) electrons. The fourth-order valence-corrected chi connectivity index (χ4v) is 2.13. The van der Waals surface area contributed by atoms with Crippen LogP contribution in [0, 0.1) is 12.3 Å². The lowest BCUT2D eigenvalue weighted by Crippen LogP contribution is -2.57. The number of ether oxygens (including phenoxy) is 1. The van der Waals surface area contributed by atoms with E-state index in [0.717, 1.165) is 0 Å². The molecule has 0 atom stereocenters. The summed E-state index contributed by atoms with van der Waals surface area (Å²) in [6, 6.07) is -0.327. The second-order valence-corrected chi connectivity index (χ2v) is 3.71. The van der Waals surface area contributed by atoms with Gasteiger partial charge in [0.15, 0.2) is 0 Å². The summed E-state index contributed by atoms with van der Waals surface area (Å²) in [4.78, 5) is 16.9. The van der Waals surface area contributed by atoms with Crippen LogP contribution < -0.4 is 5.73 Å². The van der Waals surface area contributed by atoms with Crippen LogP contribution in [0.25, 0.3) is 0 Å². The summed E-state index contributed by atoms with van der Waals surface area (Å²) in [5, 5.41) is 0. The number of nitrogens with two attached hydrogens (primary N) is 1. The van der Waals surface area contributed by atoms with Crippen molar-refractivity contribution in [2.45, 2.75) is 18.4 Å². The molecule has 0 unspecified atom stereocenters. The third kappa shape index (κ3) is 1.38. The van der Waals surface area contributed by atoms with E-state index in [-0.39, 0.29) is 12.6 Å². The first-order valence-electron chi connectivity index (χ1n) is 4.88. The van der Waals surface area contributed by atoms with Crippen LogP contribution >= 0.6 is 0 Å². The number of hydrogen-bond acceptors (Lipinski definition) is 3. The molecule has 0 bridgehead atoms. The molecule has 0 saturated carbocycles. The lowest BCUT2D eigenvalue weighted by molar-refractivity contribution is 0.0316. The quantitative estimate of drug-likeness (QED) is 0.613. The zero-order valence-electron chi connectivity index (χ0n) is 8.40. The van der Waals surface area contributed by atoms with Gasteiger partial charge in [-0.1, -0.05) is 5.92 Å². The number of hydrogen-bond donors (Lipinski definition) is 1. The van der Waals surface area contributed by atoms with E-state index < -0.39 is 5.54 Å². The Bertz CT molecular complexity index is 350. The highest BCUT2D eigenvalue weighted by atomic mass is 16.5. The van der Waals surface area contributed by atoms with Crippen LogP contribution in [-0.4, -0.2) is 42.1 Å². The van der Waals surface area contributed by atoms with Crippen molar-refractivity contribution in [2.75, 3.05) is 19.8 Å². The molecule has 0 aromatic heterocycles. The molecule has 2 aliphatic rings. The number of nitrogens with zero attached hydrogens (tertiary/aromatic N) is 2. The second kappa shape index (κ2) is 3.55. The number of aliphatic imine (C=N–C) groups is 1. The normalized spacial score (nSPS) is 24.1. The van der Waals surface area contributed by atoms with Gasteiger partial charge in [-0.2, -0.15) is 4.99 Å². The van der Waals surface area contributed by atoms with Crippen LogP contribution in [-0.2, 0) is 4.74 Å². The highest BCUT2D eigenvalue weighted by Crippen LogP contribution is 2.32. The van der Waals surface area contributed by atoms with Gasteiger partial charge in [0.25, 0.3) is 0 Å². The van der Waals surface area contributed by atoms with Gasteiger partial charge >= 0.3 is 6.03 Å². The van der Waals surface area contributed by atoms with Crippen molar-refractivity contribution < 1.29 is 9.53 Å². The molecule has 2 amide bonds. The Labute approximate surface area is 88.3 Å². The molecule has 2 rings (SSSR count). The van der Waals surface area contributed by atoms with E-state index in [2.05, 4.69) is 10.9 Å². The van der Waals surface area contributed by atoms with Crippen LogP contribution in [0.1, 0.15) is 12.8 Å². The lowest BCUT2D eigenvalue weighted by Gasteiger charge is -2.39. The highest BCUT2D eigenvalue weighted by molar-refractivity contribution is 6.06. The Hall–Kier alpha value is -1.54. The highest BCUT2D eigenvalue weighted by Gasteiger charge is 2.48. The number of amidine groups is 1. The minimum absolute atomic E-state index is 0.253. The summed E-state index contributed by atoms with van der Waals surface area (Å²) >= 11 is 0. The third-order valence-corrected chi connectivity index (χ3v) is 3.01. The van der Waals surface area contributed by atoms with Gasteiger partial charge in [-0.3, -0.25) is 4.90 Å². The predicted molar refractivity (Wildman–Crippen MR) is 55.3 cm³/mol. The third-order valence-electron chi connectivity index (χ3n) is 3.01. The van der Waals surface area contributed by atoms with Crippen LogP contribution in [0.3, 0.4) is 0 Å².